The van der Waals surface area contributed by atoms with Gasteiger partial charge in [-0.3, -0.25) is 14.2 Å². The van der Waals surface area contributed by atoms with E-state index in [9.17, 15) is 19.2 Å². The van der Waals surface area contributed by atoms with Gasteiger partial charge in [0.2, 0.25) is 0 Å². The van der Waals surface area contributed by atoms with Gasteiger partial charge in [0.25, 0.3) is 5.56 Å². The molecular weight excluding hydrogens is 557 g/mol. The average Bonchev–Trinajstić information content (AvgIpc) is 3.55. The number of nitrogens with one attached hydrogen (secondary N) is 2. The van der Waals surface area contributed by atoms with Crippen LogP contribution in [0.3, 0.4) is 0 Å². The molecule has 2 atom stereocenters. The van der Waals surface area contributed by atoms with Crippen molar-refractivity contribution in [3.05, 3.63) is 37.7 Å². The second-order valence-electron chi connectivity index (χ2n) is 12.8. The Kier molecular flexibility index (Phi) is 8.48. The minimum absolute atomic E-state index is 0.0273. The van der Waals surface area contributed by atoms with Crippen molar-refractivity contribution in [3.63, 3.8) is 0 Å². The predicted octanol–water partition coefficient (Wildman–Crippen LogP) is 3.92. The van der Waals surface area contributed by atoms with Crippen LogP contribution in [0.5, 0.6) is 0 Å². The molecule has 1 saturated carbocycles. The van der Waals surface area contributed by atoms with E-state index in [0.29, 0.717) is 37.0 Å². The molecule has 2 fully saturated rings. The van der Waals surface area contributed by atoms with Crippen molar-refractivity contribution >= 4 is 40.3 Å². The molecule has 2 N–H and O–H groups in total. The van der Waals surface area contributed by atoms with Crippen molar-refractivity contribution in [1.29, 1.82) is 0 Å². The number of halogens is 2. The third kappa shape index (κ3) is 7.03. The van der Waals surface area contributed by atoms with Gasteiger partial charge in [0.1, 0.15) is 17.0 Å². The molecule has 1 aromatic carbocycles. The number of rotatable bonds is 7. The van der Waals surface area contributed by atoms with Crippen molar-refractivity contribution in [2.24, 2.45) is 5.92 Å². The number of hydrogen-bond acceptors (Lipinski definition) is 8. The van der Waals surface area contributed by atoms with Crippen LogP contribution in [0, 0.1) is 11.7 Å². The van der Waals surface area contributed by atoms with Gasteiger partial charge in [0.05, 0.1) is 28.2 Å². The average molecular weight is 596 g/mol. The van der Waals surface area contributed by atoms with Gasteiger partial charge in [0, 0.05) is 25.2 Å². The van der Waals surface area contributed by atoms with Crippen LogP contribution < -0.4 is 26.9 Å². The third-order valence-electron chi connectivity index (χ3n) is 6.99. The molecular formula is C28H39ClFN5O6. The molecule has 0 unspecified atom stereocenters. The molecule has 13 heteroatoms. The first-order chi connectivity index (χ1) is 19.0. The van der Waals surface area contributed by atoms with Crippen LogP contribution in [-0.4, -0.2) is 58.2 Å². The third-order valence-corrected chi connectivity index (χ3v) is 7.35. The highest BCUT2D eigenvalue weighted by Gasteiger charge is 2.35. The van der Waals surface area contributed by atoms with E-state index < -0.39 is 34.4 Å². The van der Waals surface area contributed by atoms with E-state index in [1.165, 1.54) is 4.57 Å². The van der Waals surface area contributed by atoms with E-state index in [2.05, 4.69) is 10.7 Å². The number of amides is 1. The van der Waals surface area contributed by atoms with Crippen LogP contribution >= 0.6 is 11.6 Å². The molecule has 0 radical (unpaired) electrons. The van der Waals surface area contributed by atoms with Gasteiger partial charge in [0.15, 0.2) is 0 Å². The lowest BCUT2D eigenvalue weighted by molar-refractivity contribution is -0.153. The summed E-state index contributed by atoms with van der Waals surface area (Å²) in [6.07, 6.45) is 1.08. The summed E-state index contributed by atoms with van der Waals surface area (Å²) >= 11 is 6.81. The molecule has 2 aromatic rings. The minimum atomic E-state index is -0.987. The first kappa shape index (κ1) is 30.8. The second-order valence-corrected chi connectivity index (χ2v) is 13.2. The Labute approximate surface area is 242 Å². The van der Waals surface area contributed by atoms with Gasteiger partial charge in [-0.25, -0.2) is 19.4 Å². The number of nitrogens with zero attached hydrogens (tertiary/aromatic N) is 3. The van der Waals surface area contributed by atoms with E-state index >= 15 is 4.39 Å². The molecule has 0 spiro atoms. The quantitative estimate of drug-likeness (QED) is 0.462. The maximum Gasteiger partial charge on any atom is 0.427 e. The highest BCUT2D eigenvalue weighted by molar-refractivity contribution is 6.38. The van der Waals surface area contributed by atoms with Crippen molar-refractivity contribution in [3.8, 4) is 0 Å². The van der Waals surface area contributed by atoms with Crippen LogP contribution in [0.25, 0.3) is 10.9 Å². The topological polar surface area (TPSA) is 124 Å². The van der Waals surface area contributed by atoms with E-state index in [1.54, 1.807) is 46.4 Å². The molecule has 0 bridgehead atoms. The summed E-state index contributed by atoms with van der Waals surface area (Å²) < 4.78 is 28.1. The van der Waals surface area contributed by atoms with E-state index in [4.69, 9.17) is 21.1 Å². The summed E-state index contributed by atoms with van der Waals surface area (Å²) in [5.41, 5.74) is -0.661. The number of ether oxygens (including phenoxy) is 2. The summed E-state index contributed by atoms with van der Waals surface area (Å²) in [4.78, 5) is 53.1. The fraction of sp³-hybridized carbons (Fsp3) is 0.643. The van der Waals surface area contributed by atoms with E-state index in [1.807, 2.05) is 6.92 Å². The smallest absolute Gasteiger partial charge is 0.427 e. The van der Waals surface area contributed by atoms with Crippen molar-refractivity contribution in [2.45, 2.75) is 91.0 Å². The number of fused-ring (bicyclic) bond motifs is 1. The Hall–Kier alpha value is -3.12. The summed E-state index contributed by atoms with van der Waals surface area (Å²) in [6.45, 7) is 13.3. The van der Waals surface area contributed by atoms with Gasteiger partial charge < -0.3 is 19.7 Å². The summed E-state index contributed by atoms with van der Waals surface area (Å²) in [5, 5.41) is 3.05. The number of esters is 1. The maximum absolute atomic E-state index is 15.7. The highest BCUT2D eigenvalue weighted by atomic mass is 35.5. The number of hydrogen-bond donors (Lipinski definition) is 2. The molecule has 1 amide bonds. The van der Waals surface area contributed by atoms with Crippen molar-refractivity contribution in [2.75, 3.05) is 30.0 Å². The molecule has 226 valence electrons. The van der Waals surface area contributed by atoms with Crippen molar-refractivity contribution < 1.29 is 23.5 Å². The predicted molar refractivity (Wildman–Crippen MR) is 155 cm³/mol. The second kappa shape index (κ2) is 11.3. The highest BCUT2D eigenvalue weighted by Crippen LogP contribution is 2.42. The normalized spacial score (nSPS) is 18.5. The van der Waals surface area contributed by atoms with Crippen LogP contribution in [0.1, 0.15) is 73.8 Å². The number of aromatic nitrogens is 2. The lowest BCUT2D eigenvalue weighted by Crippen LogP contribution is -2.48. The molecule has 1 aliphatic heterocycles. The number of carbonyl (C=O) groups excluding carboxylic acids is 2. The molecule has 1 saturated heterocycles. The van der Waals surface area contributed by atoms with E-state index in [0.717, 1.165) is 6.07 Å². The number of carbonyl (C=O) groups is 2. The number of anilines is 1. The largest absolute Gasteiger partial charge is 0.459 e. The Morgan fingerprint density at radius 2 is 1.73 bits per heavy atom. The van der Waals surface area contributed by atoms with Gasteiger partial charge in [-0.15, -0.1) is 0 Å². The van der Waals surface area contributed by atoms with Gasteiger partial charge in [-0.2, -0.15) is 4.68 Å². The minimum Gasteiger partial charge on any atom is -0.459 e. The molecule has 4 rings (SSSR count). The molecule has 11 nitrogen and oxygen atoms in total. The summed E-state index contributed by atoms with van der Waals surface area (Å²) in [5.74, 6) is -0.979. The lowest BCUT2D eigenvalue weighted by atomic mass is 10.0. The number of benzene rings is 1. The molecule has 1 aliphatic carbocycles. The first-order valence-corrected chi connectivity index (χ1v) is 14.2. The lowest BCUT2D eigenvalue weighted by Gasteiger charge is -2.25. The summed E-state index contributed by atoms with van der Waals surface area (Å²) in [6, 6.07) is 0.768. The summed E-state index contributed by atoms with van der Waals surface area (Å²) in [7, 11) is 0. The zero-order chi connectivity index (χ0) is 30.4. The van der Waals surface area contributed by atoms with Gasteiger partial charge in [-0.1, -0.05) is 11.6 Å². The van der Waals surface area contributed by atoms with Gasteiger partial charge >= 0.3 is 17.8 Å². The fourth-order valence-corrected chi connectivity index (χ4v) is 5.45. The first-order valence-electron chi connectivity index (χ1n) is 13.9. The molecule has 41 heavy (non-hydrogen) atoms. The SMILES string of the molecule is C[C@H](NCC(=O)OC(C)(C)C)[C@@H]1CCN(c2c(F)cc3c(=O)n(NC(=O)OC(C)(C)C)c(=O)n(C4CC4)c3c2Cl)C1. The zero-order valence-electron chi connectivity index (χ0n) is 24.6. The van der Waals surface area contributed by atoms with E-state index in [-0.39, 0.29) is 52.1 Å². The Balaban J connectivity index is 1.63. The van der Waals surface area contributed by atoms with Crippen molar-refractivity contribution in [1.82, 2.24) is 14.6 Å². The Morgan fingerprint density at radius 3 is 2.32 bits per heavy atom. The Bertz CT molecular complexity index is 1470. The van der Waals surface area contributed by atoms with Crippen LogP contribution in [0.2, 0.25) is 5.02 Å². The van der Waals surface area contributed by atoms with Crippen LogP contribution in [0.15, 0.2) is 15.7 Å². The van der Waals surface area contributed by atoms with Crippen LogP contribution in [-0.2, 0) is 14.3 Å². The van der Waals surface area contributed by atoms with Gasteiger partial charge in [-0.05, 0) is 79.7 Å². The molecule has 2 aliphatic rings. The molecule has 1 aromatic heterocycles. The monoisotopic (exact) mass is 595 g/mol. The maximum atomic E-state index is 15.7. The standard InChI is InChI=1S/C28H39ClFN5O6/c1-15(31-13-20(36)40-27(2,3)4)16-10-11-33(14-16)23-19(30)12-18-22(21(23)29)34(17-8-9-17)26(39)35(24(18)37)32-25(38)41-28(5,6)7/h12,15-17,31H,8-11,13-14H2,1-7H3,(H,32,38)/t15-,16+/m0/s1. The molecule has 2 heterocycles. The fourth-order valence-electron chi connectivity index (χ4n) is 5.05. The van der Waals surface area contributed by atoms with Crippen LogP contribution in [0.4, 0.5) is 14.9 Å². The zero-order valence-corrected chi connectivity index (χ0v) is 25.4. The Morgan fingerprint density at radius 1 is 1.10 bits per heavy atom.